The SMILES string of the molecule is C=CCOc1ccc(C2c3c(oc4ccccc4c3=O)C(=O)N2CCc2ccccc2)cc1. The Balaban J connectivity index is 1.59. The summed E-state index contributed by atoms with van der Waals surface area (Å²) in [5.74, 6) is 0.564. The smallest absolute Gasteiger partial charge is 0.290 e. The molecule has 4 aromatic rings. The average Bonchev–Trinajstić information content (AvgIpc) is 3.14. The van der Waals surface area contributed by atoms with Gasteiger partial charge in [0.15, 0.2) is 5.43 Å². The second kappa shape index (κ2) is 8.79. The number of hydrogen-bond donors (Lipinski definition) is 0. The van der Waals surface area contributed by atoms with Crippen LogP contribution >= 0.6 is 0 Å². The Morgan fingerprint density at radius 2 is 1.67 bits per heavy atom. The quantitative estimate of drug-likeness (QED) is 0.376. The lowest BCUT2D eigenvalue weighted by Crippen LogP contribution is -2.31. The summed E-state index contributed by atoms with van der Waals surface area (Å²) in [6.07, 6.45) is 2.35. The Labute approximate surface area is 191 Å². The van der Waals surface area contributed by atoms with Crippen LogP contribution < -0.4 is 10.2 Å². The van der Waals surface area contributed by atoms with Crippen LogP contribution in [0, 0.1) is 0 Å². The molecule has 33 heavy (non-hydrogen) atoms. The third-order valence-corrected chi connectivity index (χ3v) is 5.92. The maximum absolute atomic E-state index is 13.5. The number of nitrogens with zero attached hydrogens (tertiary/aromatic N) is 1. The van der Waals surface area contributed by atoms with Gasteiger partial charge < -0.3 is 14.1 Å². The summed E-state index contributed by atoms with van der Waals surface area (Å²) >= 11 is 0. The number of rotatable bonds is 7. The minimum Gasteiger partial charge on any atom is -0.490 e. The van der Waals surface area contributed by atoms with Crippen LogP contribution in [0.25, 0.3) is 11.0 Å². The summed E-state index contributed by atoms with van der Waals surface area (Å²) in [7, 11) is 0. The molecule has 1 aliphatic rings. The molecule has 1 unspecified atom stereocenters. The standard InChI is InChI=1S/C28H23NO4/c1-2-18-32-21-14-12-20(13-15-21)25-24-26(30)22-10-6-7-11-23(22)33-27(24)28(31)29(25)17-16-19-8-4-3-5-9-19/h2-15,25H,1,16-18H2. The predicted molar refractivity (Wildman–Crippen MR) is 128 cm³/mol. The number of carbonyl (C=O) groups is 1. The van der Waals surface area contributed by atoms with Crippen molar-refractivity contribution in [3.05, 3.63) is 124 Å². The van der Waals surface area contributed by atoms with E-state index in [1.54, 1.807) is 35.2 Å². The Morgan fingerprint density at radius 3 is 2.42 bits per heavy atom. The van der Waals surface area contributed by atoms with Gasteiger partial charge in [-0.2, -0.15) is 0 Å². The van der Waals surface area contributed by atoms with Crippen LogP contribution in [-0.2, 0) is 6.42 Å². The first-order valence-corrected chi connectivity index (χ1v) is 10.9. The number of ether oxygens (including phenoxy) is 1. The molecule has 0 spiro atoms. The van der Waals surface area contributed by atoms with Crippen LogP contribution in [0.1, 0.15) is 33.3 Å². The van der Waals surface area contributed by atoms with Crippen LogP contribution in [0.5, 0.6) is 5.75 Å². The molecule has 1 atom stereocenters. The largest absolute Gasteiger partial charge is 0.490 e. The maximum atomic E-state index is 13.5. The third-order valence-electron chi connectivity index (χ3n) is 5.92. The van der Waals surface area contributed by atoms with Crippen molar-refractivity contribution in [2.45, 2.75) is 12.5 Å². The molecule has 164 valence electrons. The van der Waals surface area contributed by atoms with E-state index in [1.165, 1.54) is 0 Å². The van der Waals surface area contributed by atoms with E-state index in [-0.39, 0.29) is 17.1 Å². The molecule has 0 fully saturated rings. The molecule has 0 saturated heterocycles. The Kier molecular flexibility index (Phi) is 5.53. The van der Waals surface area contributed by atoms with Crippen LogP contribution in [0.2, 0.25) is 0 Å². The van der Waals surface area contributed by atoms with Gasteiger partial charge in [0.2, 0.25) is 5.76 Å². The van der Waals surface area contributed by atoms with E-state index in [0.717, 1.165) is 11.1 Å². The number of fused-ring (bicyclic) bond motifs is 2. The van der Waals surface area contributed by atoms with E-state index in [2.05, 4.69) is 6.58 Å². The molecule has 0 aliphatic carbocycles. The van der Waals surface area contributed by atoms with Crippen LogP contribution in [0.15, 0.2) is 101 Å². The Bertz CT molecular complexity index is 1370. The number of amides is 1. The molecule has 0 N–H and O–H groups in total. The summed E-state index contributed by atoms with van der Waals surface area (Å²) in [6.45, 7) is 4.53. The Hall–Kier alpha value is -4.12. The fourth-order valence-electron chi connectivity index (χ4n) is 4.34. The van der Waals surface area contributed by atoms with Crippen LogP contribution in [-0.4, -0.2) is 24.0 Å². The molecule has 0 saturated carbocycles. The molecule has 0 radical (unpaired) electrons. The lowest BCUT2D eigenvalue weighted by Gasteiger charge is -2.25. The molecule has 5 heteroatoms. The lowest BCUT2D eigenvalue weighted by molar-refractivity contribution is 0.0730. The Morgan fingerprint density at radius 1 is 0.939 bits per heavy atom. The highest BCUT2D eigenvalue weighted by Gasteiger charge is 2.42. The summed E-state index contributed by atoms with van der Waals surface area (Å²) in [4.78, 5) is 28.7. The molecule has 1 aromatic heterocycles. The van der Waals surface area contributed by atoms with Gasteiger partial charge >= 0.3 is 0 Å². The van der Waals surface area contributed by atoms with Crippen LogP contribution in [0.3, 0.4) is 0 Å². The first-order chi connectivity index (χ1) is 16.2. The molecule has 5 nitrogen and oxygen atoms in total. The molecule has 3 aromatic carbocycles. The number of benzene rings is 3. The molecular weight excluding hydrogens is 414 g/mol. The minimum absolute atomic E-state index is 0.128. The molecule has 1 amide bonds. The average molecular weight is 437 g/mol. The van der Waals surface area contributed by atoms with Crippen molar-refractivity contribution >= 4 is 16.9 Å². The number of carbonyl (C=O) groups excluding carboxylic acids is 1. The zero-order valence-electron chi connectivity index (χ0n) is 18.1. The fourth-order valence-corrected chi connectivity index (χ4v) is 4.34. The topological polar surface area (TPSA) is 59.8 Å². The van der Waals surface area contributed by atoms with E-state index in [0.29, 0.717) is 41.9 Å². The van der Waals surface area contributed by atoms with Gasteiger partial charge in [0.1, 0.15) is 17.9 Å². The van der Waals surface area contributed by atoms with Gasteiger partial charge in [-0.15, -0.1) is 0 Å². The zero-order chi connectivity index (χ0) is 22.8. The minimum atomic E-state index is -0.523. The second-order valence-corrected chi connectivity index (χ2v) is 7.98. The highest BCUT2D eigenvalue weighted by atomic mass is 16.5. The first kappa shape index (κ1) is 20.8. The lowest BCUT2D eigenvalue weighted by atomic mass is 9.98. The number of hydrogen-bond acceptors (Lipinski definition) is 4. The van der Waals surface area contributed by atoms with Crippen molar-refractivity contribution in [2.75, 3.05) is 13.2 Å². The summed E-state index contributed by atoms with van der Waals surface area (Å²) in [5, 5.41) is 0.477. The van der Waals surface area contributed by atoms with Crippen molar-refractivity contribution in [1.82, 2.24) is 4.90 Å². The van der Waals surface area contributed by atoms with Gasteiger partial charge in [0.25, 0.3) is 5.91 Å². The fraction of sp³-hybridized carbons (Fsp3) is 0.143. The summed E-state index contributed by atoms with van der Waals surface area (Å²) < 4.78 is 11.6. The van der Waals surface area contributed by atoms with E-state index in [9.17, 15) is 9.59 Å². The van der Waals surface area contributed by atoms with E-state index in [4.69, 9.17) is 9.15 Å². The predicted octanol–water partition coefficient (Wildman–Crippen LogP) is 5.15. The molecule has 1 aliphatic heterocycles. The van der Waals surface area contributed by atoms with Gasteiger partial charge in [-0.1, -0.05) is 67.3 Å². The van der Waals surface area contributed by atoms with E-state index >= 15 is 0 Å². The van der Waals surface area contributed by atoms with Gasteiger partial charge in [0, 0.05) is 6.54 Å². The van der Waals surface area contributed by atoms with Crippen molar-refractivity contribution in [2.24, 2.45) is 0 Å². The normalized spacial score (nSPS) is 15.0. The van der Waals surface area contributed by atoms with Crippen molar-refractivity contribution in [3.63, 3.8) is 0 Å². The maximum Gasteiger partial charge on any atom is 0.290 e. The zero-order valence-corrected chi connectivity index (χ0v) is 18.1. The highest BCUT2D eigenvalue weighted by molar-refractivity contribution is 5.99. The second-order valence-electron chi connectivity index (χ2n) is 7.98. The monoisotopic (exact) mass is 437 g/mol. The van der Waals surface area contributed by atoms with E-state index in [1.807, 2.05) is 54.6 Å². The number of para-hydroxylation sites is 1. The van der Waals surface area contributed by atoms with Crippen molar-refractivity contribution < 1.29 is 13.9 Å². The third kappa shape index (κ3) is 3.82. The van der Waals surface area contributed by atoms with Gasteiger partial charge in [-0.25, -0.2) is 0 Å². The summed E-state index contributed by atoms with van der Waals surface area (Å²) in [6, 6.07) is 24.0. The molecule has 2 heterocycles. The highest BCUT2D eigenvalue weighted by Crippen LogP contribution is 2.38. The van der Waals surface area contributed by atoms with Gasteiger partial charge in [-0.3, -0.25) is 9.59 Å². The molecule has 0 bridgehead atoms. The molecular formula is C28H23NO4. The van der Waals surface area contributed by atoms with E-state index < -0.39 is 6.04 Å². The van der Waals surface area contributed by atoms with Crippen molar-refractivity contribution in [1.29, 1.82) is 0 Å². The molecule has 5 rings (SSSR count). The summed E-state index contributed by atoms with van der Waals surface area (Å²) in [5.41, 5.74) is 2.61. The van der Waals surface area contributed by atoms with Gasteiger partial charge in [0.05, 0.1) is 17.0 Å². The van der Waals surface area contributed by atoms with Crippen molar-refractivity contribution in [3.8, 4) is 5.75 Å². The van der Waals surface area contributed by atoms with Gasteiger partial charge in [-0.05, 0) is 41.8 Å². The first-order valence-electron chi connectivity index (χ1n) is 10.9. The van der Waals surface area contributed by atoms with Crippen LogP contribution in [0.4, 0.5) is 0 Å².